The Labute approximate surface area is 201 Å². The van der Waals surface area contributed by atoms with Crippen LogP contribution in [0.25, 0.3) is 11.9 Å². The van der Waals surface area contributed by atoms with Crippen molar-refractivity contribution < 1.29 is 13.2 Å². The van der Waals surface area contributed by atoms with Crippen molar-refractivity contribution in [1.29, 1.82) is 0 Å². The zero-order valence-electron chi connectivity index (χ0n) is 17.7. The van der Waals surface area contributed by atoms with Crippen LogP contribution in [0.3, 0.4) is 0 Å². The van der Waals surface area contributed by atoms with Crippen LogP contribution in [0.15, 0.2) is 90.5 Å². The molecule has 0 aliphatic rings. The SMILES string of the molecule is O=C(/C=C/c1ccc(S(=O)(=O)Nc2ccccc2Cl)cc1)NCc1cccnc1-n1cncn1. The molecule has 0 spiro atoms. The zero-order valence-corrected chi connectivity index (χ0v) is 19.2. The second kappa shape index (κ2) is 10.3. The van der Waals surface area contributed by atoms with E-state index in [1.165, 1.54) is 35.5 Å². The van der Waals surface area contributed by atoms with Crippen molar-refractivity contribution >= 4 is 39.3 Å². The van der Waals surface area contributed by atoms with Gasteiger partial charge in [-0.1, -0.05) is 41.9 Å². The highest BCUT2D eigenvalue weighted by Crippen LogP contribution is 2.24. The fourth-order valence-corrected chi connectivity index (χ4v) is 4.33. The Kier molecular flexibility index (Phi) is 7.00. The van der Waals surface area contributed by atoms with E-state index in [4.69, 9.17) is 11.6 Å². The molecule has 2 aromatic carbocycles. The molecule has 0 radical (unpaired) electrons. The lowest BCUT2D eigenvalue weighted by atomic mass is 10.2. The van der Waals surface area contributed by atoms with Crippen LogP contribution in [0.4, 0.5) is 5.69 Å². The Bertz CT molecular complexity index is 1420. The van der Waals surface area contributed by atoms with Gasteiger partial charge in [-0.3, -0.25) is 9.52 Å². The first-order chi connectivity index (χ1) is 16.4. The lowest BCUT2D eigenvalue weighted by Gasteiger charge is -2.09. The van der Waals surface area contributed by atoms with Crippen molar-refractivity contribution in [3.63, 3.8) is 0 Å². The minimum atomic E-state index is -3.80. The number of pyridine rings is 1. The lowest BCUT2D eigenvalue weighted by molar-refractivity contribution is -0.116. The van der Waals surface area contributed by atoms with Gasteiger partial charge in [0.25, 0.3) is 10.0 Å². The summed E-state index contributed by atoms with van der Waals surface area (Å²) in [5.74, 6) is 0.261. The summed E-state index contributed by atoms with van der Waals surface area (Å²) in [6.45, 7) is 0.247. The summed E-state index contributed by atoms with van der Waals surface area (Å²) in [6, 6.07) is 16.3. The molecule has 34 heavy (non-hydrogen) atoms. The number of hydrogen-bond donors (Lipinski definition) is 2. The number of benzene rings is 2. The highest BCUT2D eigenvalue weighted by molar-refractivity contribution is 7.92. The highest BCUT2D eigenvalue weighted by atomic mass is 35.5. The number of carbonyl (C=O) groups excluding carboxylic acids is 1. The molecular formula is C23H19ClN6O3S. The number of aromatic nitrogens is 4. The fraction of sp³-hybridized carbons (Fsp3) is 0.0435. The fourth-order valence-electron chi connectivity index (χ4n) is 3.01. The average molecular weight is 495 g/mol. The Hall–Kier alpha value is -4.02. The van der Waals surface area contributed by atoms with E-state index in [1.807, 2.05) is 6.07 Å². The normalized spacial score (nSPS) is 11.4. The minimum absolute atomic E-state index is 0.0752. The molecule has 1 amide bonds. The van der Waals surface area contributed by atoms with E-state index in [1.54, 1.807) is 54.7 Å². The average Bonchev–Trinajstić information content (AvgIpc) is 3.38. The number of carbonyl (C=O) groups is 1. The number of hydrogen-bond acceptors (Lipinski definition) is 6. The molecule has 4 rings (SSSR count). The predicted octanol–water partition coefficient (Wildman–Crippen LogP) is 3.45. The van der Waals surface area contributed by atoms with Crippen LogP contribution in [0.2, 0.25) is 5.02 Å². The van der Waals surface area contributed by atoms with Gasteiger partial charge in [0.15, 0.2) is 5.82 Å². The van der Waals surface area contributed by atoms with Crippen LogP contribution in [0.5, 0.6) is 0 Å². The summed E-state index contributed by atoms with van der Waals surface area (Å²) in [5, 5.41) is 7.16. The summed E-state index contributed by atoms with van der Waals surface area (Å²) in [7, 11) is -3.80. The lowest BCUT2D eigenvalue weighted by Crippen LogP contribution is -2.21. The molecule has 0 unspecified atom stereocenters. The molecule has 0 saturated heterocycles. The van der Waals surface area contributed by atoms with Gasteiger partial charge in [0.05, 0.1) is 15.6 Å². The van der Waals surface area contributed by atoms with Gasteiger partial charge < -0.3 is 5.32 Å². The molecule has 4 aromatic rings. The molecule has 0 atom stereocenters. The summed E-state index contributed by atoms with van der Waals surface area (Å²) >= 11 is 6.03. The third-order valence-corrected chi connectivity index (χ3v) is 6.40. The van der Waals surface area contributed by atoms with Gasteiger partial charge in [-0.25, -0.2) is 23.1 Å². The quantitative estimate of drug-likeness (QED) is 0.362. The van der Waals surface area contributed by atoms with E-state index < -0.39 is 10.0 Å². The summed E-state index contributed by atoms with van der Waals surface area (Å²) < 4.78 is 29.2. The molecule has 11 heteroatoms. The molecule has 2 N–H and O–H groups in total. The molecule has 2 aromatic heterocycles. The van der Waals surface area contributed by atoms with E-state index >= 15 is 0 Å². The van der Waals surface area contributed by atoms with E-state index in [9.17, 15) is 13.2 Å². The van der Waals surface area contributed by atoms with Crippen LogP contribution in [0.1, 0.15) is 11.1 Å². The summed E-state index contributed by atoms with van der Waals surface area (Å²) in [5.41, 5.74) is 1.73. The molecule has 2 heterocycles. The summed E-state index contributed by atoms with van der Waals surface area (Å²) in [4.78, 5) is 20.5. The van der Waals surface area contributed by atoms with Gasteiger partial charge in [0.2, 0.25) is 5.91 Å². The molecular weight excluding hydrogens is 476 g/mol. The van der Waals surface area contributed by atoms with E-state index in [-0.39, 0.29) is 17.3 Å². The van der Waals surface area contributed by atoms with Gasteiger partial charge in [-0.05, 0) is 42.0 Å². The molecule has 0 bridgehead atoms. The maximum absolute atomic E-state index is 12.6. The smallest absolute Gasteiger partial charge is 0.261 e. The van der Waals surface area contributed by atoms with E-state index in [0.717, 1.165) is 5.56 Å². The first-order valence-corrected chi connectivity index (χ1v) is 11.9. The van der Waals surface area contributed by atoms with Crippen LogP contribution < -0.4 is 10.0 Å². The van der Waals surface area contributed by atoms with Crippen LogP contribution in [0, 0.1) is 0 Å². The Morgan fingerprint density at radius 1 is 1.06 bits per heavy atom. The zero-order chi connectivity index (χ0) is 24.0. The predicted molar refractivity (Wildman–Crippen MR) is 129 cm³/mol. The number of amides is 1. The van der Waals surface area contributed by atoms with Gasteiger partial charge in [0, 0.05) is 24.4 Å². The number of rotatable bonds is 8. The first kappa shape index (κ1) is 23.1. The third kappa shape index (κ3) is 5.66. The standard InChI is InChI=1S/C23H19ClN6O3S/c24-20-5-1-2-6-21(20)29-34(32,33)19-10-7-17(8-11-19)9-12-22(31)27-14-18-4-3-13-26-23(18)30-16-25-15-28-30/h1-13,15-16,29H,14H2,(H,27,31)/b12-9+. The molecule has 172 valence electrons. The maximum Gasteiger partial charge on any atom is 0.261 e. The third-order valence-electron chi connectivity index (χ3n) is 4.69. The van der Waals surface area contributed by atoms with Crippen LogP contribution in [-0.2, 0) is 21.4 Å². The van der Waals surface area contributed by atoms with Crippen molar-refractivity contribution in [3.8, 4) is 5.82 Å². The molecule has 0 saturated carbocycles. The summed E-state index contributed by atoms with van der Waals surface area (Å²) in [6.07, 6.45) is 7.53. The topological polar surface area (TPSA) is 119 Å². The monoisotopic (exact) mass is 494 g/mol. The molecule has 9 nitrogen and oxygen atoms in total. The number of halogens is 1. The van der Waals surface area contributed by atoms with Crippen molar-refractivity contribution in [2.45, 2.75) is 11.4 Å². The highest BCUT2D eigenvalue weighted by Gasteiger charge is 2.15. The van der Waals surface area contributed by atoms with Crippen molar-refractivity contribution in [1.82, 2.24) is 25.1 Å². The first-order valence-electron chi connectivity index (χ1n) is 10.0. The Morgan fingerprint density at radius 3 is 2.59 bits per heavy atom. The largest absolute Gasteiger partial charge is 0.348 e. The second-order valence-corrected chi connectivity index (χ2v) is 9.12. The van der Waals surface area contributed by atoms with Crippen LogP contribution >= 0.6 is 11.6 Å². The number of nitrogens with one attached hydrogen (secondary N) is 2. The maximum atomic E-state index is 12.6. The van der Waals surface area contributed by atoms with Gasteiger partial charge >= 0.3 is 0 Å². The van der Waals surface area contributed by atoms with Crippen molar-refractivity contribution in [2.75, 3.05) is 4.72 Å². The molecule has 0 aliphatic heterocycles. The number of sulfonamides is 1. The van der Waals surface area contributed by atoms with E-state index in [2.05, 4.69) is 25.1 Å². The van der Waals surface area contributed by atoms with E-state index in [0.29, 0.717) is 22.1 Å². The molecule has 0 fully saturated rings. The van der Waals surface area contributed by atoms with Gasteiger partial charge in [-0.2, -0.15) is 5.10 Å². The Morgan fingerprint density at radius 2 is 1.85 bits per heavy atom. The number of anilines is 1. The minimum Gasteiger partial charge on any atom is -0.348 e. The van der Waals surface area contributed by atoms with Crippen molar-refractivity contribution in [2.24, 2.45) is 0 Å². The number of nitrogens with zero attached hydrogens (tertiary/aromatic N) is 4. The second-order valence-electron chi connectivity index (χ2n) is 7.03. The van der Waals surface area contributed by atoms with Gasteiger partial charge in [-0.15, -0.1) is 0 Å². The Balaban J connectivity index is 1.37. The van der Waals surface area contributed by atoms with Gasteiger partial charge in [0.1, 0.15) is 12.7 Å². The molecule has 0 aliphatic carbocycles. The van der Waals surface area contributed by atoms with Crippen LogP contribution in [-0.4, -0.2) is 34.1 Å². The number of para-hydroxylation sites is 1. The van der Waals surface area contributed by atoms with Crippen molar-refractivity contribution in [3.05, 3.63) is 102 Å².